The maximum atomic E-state index is 12.3. The van der Waals surface area contributed by atoms with Crippen LogP contribution in [0.2, 0.25) is 0 Å². The van der Waals surface area contributed by atoms with Gasteiger partial charge in [0.15, 0.2) is 11.5 Å². The molecule has 0 aliphatic carbocycles. The van der Waals surface area contributed by atoms with Crippen molar-refractivity contribution in [3.63, 3.8) is 0 Å². The number of para-hydroxylation sites is 1. The molecular formula is C20H20N2O4. The molecular weight excluding hydrogens is 332 g/mol. The zero-order chi connectivity index (χ0) is 18.5. The van der Waals surface area contributed by atoms with Crippen molar-refractivity contribution in [1.29, 1.82) is 0 Å². The quantitative estimate of drug-likeness (QED) is 0.661. The molecule has 2 aromatic carbocycles. The van der Waals surface area contributed by atoms with Crippen molar-refractivity contribution in [3.8, 4) is 17.2 Å². The van der Waals surface area contributed by atoms with Crippen LogP contribution in [0, 0.1) is 0 Å². The molecule has 0 saturated heterocycles. The largest absolute Gasteiger partial charge is 0.493 e. The molecule has 3 aromatic rings. The number of H-pyrrole nitrogens is 1. The number of aromatic nitrogens is 1. The maximum absolute atomic E-state index is 12.3. The van der Waals surface area contributed by atoms with E-state index in [4.69, 9.17) is 14.2 Å². The van der Waals surface area contributed by atoms with Gasteiger partial charge in [-0.3, -0.25) is 4.79 Å². The molecule has 0 fully saturated rings. The van der Waals surface area contributed by atoms with Crippen LogP contribution in [0.5, 0.6) is 17.2 Å². The van der Waals surface area contributed by atoms with E-state index in [1.54, 1.807) is 18.2 Å². The number of benzene rings is 2. The molecule has 1 amide bonds. The van der Waals surface area contributed by atoms with E-state index in [9.17, 15) is 4.79 Å². The third-order valence-corrected chi connectivity index (χ3v) is 3.97. The molecule has 0 bridgehead atoms. The predicted octanol–water partition coefficient (Wildman–Crippen LogP) is 3.85. The molecule has 2 N–H and O–H groups in total. The number of anilines is 1. The van der Waals surface area contributed by atoms with Gasteiger partial charge in [0.2, 0.25) is 11.7 Å². The lowest BCUT2D eigenvalue weighted by Gasteiger charge is -2.14. The van der Waals surface area contributed by atoms with Crippen LogP contribution < -0.4 is 19.5 Å². The Hall–Kier alpha value is -3.41. The van der Waals surface area contributed by atoms with Crippen molar-refractivity contribution in [3.05, 3.63) is 54.2 Å². The number of carbonyl (C=O) groups excluding carboxylic acids is 1. The first-order valence-electron chi connectivity index (χ1n) is 8.01. The van der Waals surface area contributed by atoms with Crippen LogP contribution >= 0.6 is 0 Å². The van der Waals surface area contributed by atoms with Gasteiger partial charge in [-0.1, -0.05) is 18.2 Å². The minimum Gasteiger partial charge on any atom is -0.493 e. The molecule has 26 heavy (non-hydrogen) atoms. The first-order valence-corrected chi connectivity index (χ1v) is 8.01. The topological polar surface area (TPSA) is 72.6 Å². The number of aromatic amines is 1. The van der Waals surface area contributed by atoms with E-state index in [0.717, 1.165) is 16.5 Å². The van der Waals surface area contributed by atoms with E-state index in [0.29, 0.717) is 22.9 Å². The molecule has 0 radical (unpaired) electrons. The van der Waals surface area contributed by atoms with Crippen LogP contribution in [0.3, 0.4) is 0 Å². The molecule has 1 aromatic heterocycles. The fourth-order valence-electron chi connectivity index (χ4n) is 2.73. The molecule has 134 valence electrons. The molecule has 0 spiro atoms. The molecule has 6 nitrogen and oxygen atoms in total. The average molecular weight is 352 g/mol. The molecule has 0 atom stereocenters. The summed E-state index contributed by atoms with van der Waals surface area (Å²) in [6.45, 7) is 0. The number of amides is 1. The second-order valence-corrected chi connectivity index (χ2v) is 5.53. The molecule has 0 aliphatic rings. The van der Waals surface area contributed by atoms with E-state index in [1.165, 1.54) is 27.4 Å². The Morgan fingerprint density at radius 3 is 2.38 bits per heavy atom. The number of fused-ring (bicyclic) bond motifs is 1. The number of hydrogen-bond donors (Lipinski definition) is 2. The standard InChI is InChI=1S/C20H20N2O4/c1-24-17-10-14(11-18(25-2)20(17)26-3)22-19(23)9-8-13-12-21-16-7-5-4-6-15(13)16/h4-12,21H,1-3H3,(H,22,23)/b9-8+. The number of methoxy groups -OCH3 is 3. The van der Waals surface area contributed by atoms with Crippen LogP contribution in [0.1, 0.15) is 5.56 Å². The third-order valence-electron chi connectivity index (χ3n) is 3.97. The summed E-state index contributed by atoms with van der Waals surface area (Å²) < 4.78 is 15.9. The lowest BCUT2D eigenvalue weighted by atomic mass is 10.1. The van der Waals surface area contributed by atoms with Crippen LogP contribution in [0.15, 0.2) is 48.7 Å². The Morgan fingerprint density at radius 1 is 1.04 bits per heavy atom. The van der Waals surface area contributed by atoms with Gasteiger partial charge in [0.1, 0.15) is 0 Å². The normalized spacial score (nSPS) is 10.9. The summed E-state index contributed by atoms with van der Waals surface area (Å²) in [7, 11) is 4.59. The molecule has 3 rings (SSSR count). The van der Waals surface area contributed by atoms with Crippen molar-refractivity contribution in [2.24, 2.45) is 0 Å². The highest BCUT2D eigenvalue weighted by Crippen LogP contribution is 2.39. The lowest BCUT2D eigenvalue weighted by molar-refractivity contribution is -0.111. The smallest absolute Gasteiger partial charge is 0.248 e. The van der Waals surface area contributed by atoms with E-state index >= 15 is 0 Å². The number of nitrogens with one attached hydrogen (secondary N) is 2. The zero-order valence-electron chi connectivity index (χ0n) is 14.8. The number of carbonyl (C=O) groups is 1. The summed E-state index contributed by atoms with van der Waals surface area (Å²) in [5, 5.41) is 3.86. The first-order chi connectivity index (χ1) is 12.7. The molecule has 0 unspecified atom stereocenters. The molecule has 0 saturated carbocycles. The van der Waals surface area contributed by atoms with Gasteiger partial charge in [-0.25, -0.2) is 0 Å². The highest BCUT2D eigenvalue weighted by Gasteiger charge is 2.14. The van der Waals surface area contributed by atoms with Gasteiger partial charge in [0.05, 0.1) is 21.3 Å². The second-order valence-electron chi connectivity index (χ2n) is 5.53. The van der Waals surface area contributed by atoms with Crippen molar-refractivity contribution >= 4 is 28.6 Å². The number of rotatable bonds is 6. The van der Waals surface area contributed by atoms with Crippen molar-refractivity contribution < 1.29 is 19.0 Å². The summed E-state index contributed by atoms with van der Waals surface area (Å²) in [5.74, 6) is 1.16. The summed E-state index contributed by atoms with van der Waals surface area (Å²) in [6.07, 6.45) is 5.12. The van der Waals surface area contributed by atoms with Gasteiger partial charge in [0.25, 0.3) is 0 Å². The van der Waals surface area contributed by atoms with Crippen molar-refractivity contribution in [2.45, 2.75) is 0 Å². The van der Waals surface area contributed by atoms with E-state index in [1.807, 2.05) is 30.5 Å². The Morgan fingerprint density at radius 2 is 1.73 bits per heavy atom. The summed E-state index contributed by atoms with van der Waals surface area (Å²) in [6, 6.07) is 11.3. The third kappa shape index (κ3) is 3.49. The highest BCUT2D eigenvalue weighted by atomic mass is 16.5. The van der Waals surface area contributed by atoms with E-state index in [2.05, 4.69) is 10.3 Å². The fraction of sp³-hybridized carbons (Fsp3) is 0.150. The Balaban J connectivity index is 1.79. The van der Waals surface area contributed by atoms with E-state index in [-0.39, 0.29) is 5.91 Å². The average Bonchev–Trinajstić information content (AvgIpc) is 3.08. The van der Waals surface area contributed by atoms with E-state index < -0.39 is 0 Å². The van der Waals surface area contributed by atoms with Gasteiger partial charge < -0.3 is 24.5 Å². The summed E-state index contributed by atoms with van der Waals surface area (Å²) in [4.78, 5) is 15.5. The SMILES string of the molecule is COc1cc(NC(=O)/C=C/c2c[nH]c3ccccc23)cc(OC)c1OC. The second kappa shape index (κ2) is 7.65. The zero-order valence-corrected chi connectivity index (χ0v) is 14.8. The van der Waals surface area contributed by atoms with Gasteiger partial charge in [-0.05, 0) is 17.7 Å². The Kier molecular flexibility index (Phi) is 5.12. The minimum absolute atomic E-state index is 0.260. The minimum atomic E-state index is -0.260. The maximum Gasteiger partial charge on any atom is 0.248 e. The number of ether oxygens (including phenoxy) is 3. The number of hydrogen-bond acceptors (Lipinski definition) is 4. The fourth-order valence-corrected chi connectivity index (χ4v) is 2.73. The monoisotopic (exact) mass is 352 g/mol. The van der Waals surface area contributed by atoms with Crippen LogP contribution in [-0.4, -0.2) is 32.2 Å². The van der Waals surface area contributed by atoms with Gasteiger partial charge in [-0.2, -0.15) is 0 Å². The Labute approximate surface area is 151 Å². The van der Waals surface area contributed by atoms with Crippen LogP contribution in [-0.2, 0) is 4.79 Å². The van der Waals surface area contributed by atoms with Gasteiger partial charge in [-0.15, -0.1) is 0 Å². The van der Waals surface area contributed by atoms with Crippen LogP contribution in [0.25, 0.3) is 17.0 Å². The van der Waals surface area contributed by atoms with Gasteiger partial charge >= 0.3 is 0 Å². The summed E-state index contributed by atoms with van der Waals surface area (Å²) >= 11 is 0. The molecule has 6 heteroatoms. The van der Waals surface area contributed by atoms with Crippen LogP contribution in [0.4, 0.5) is 5.69 Å². The Bertz CT molecular complexity index is 934. The van der Waals surface area contributed by atoms with Crippen molar-refractivity contribution in [1.82, 2.24) is 4.98 Å². The molecule has 1 heterocycles. The predicted molar refractivity (Wildman–Crippen MR) is 102 cm³/mol. The highest BCUT2D eigenvalue weighted by molar-refractivity contribution is 6.03. The lowest BCUT2D eigenvalue weighted by Crippen LogP contribution is -2.08. The first kappa shape index (κ1) is 17.4. The molecule has 0 aliphatic heterocycles. The van der Waals surface area contributed by atoms with Crippen molar-refractivity contribution in [2.75, 3.05) is 26.6 Å². The summed E-state index contributed by atoms with van der Waals surface area (Å²) in [5.41, 5.74) is 2.52. The van der Waals surface area contributed by atoms with Gasteiger partial charge in [0, 0.05) is 41.0 Å².